The molecule has 0 aromatic heterocycles. The van der Waals surface area contributed by atoms with Crippen LogP contribution in [-0.2, 0) is 26.2 Å². The van der Waals surface area contributed by atoms with E-state index in [9.17, 15) is 18.0 Å². The number of carbonyl (C=O) groups excluding carboxylic acids is 2. The fourth-order valence-corrected chi connectivity index (χ4v) is 6.28. The average molecular weight is 651 g/mol. The number of halogens is 2. The van der Waals surface area contributed by atoms with E-state index in [1.165, 1.54) is 37.3 Å². The third-order valence-electron chi connectivity index (χ3n) is 6.77. The normalized spacial score (nSPS) is 11.9. The standard InChI is InChI=1S/C31H37Cl2N3O6S/c1-7-12-34-31(38)22(4)35(18-23-8-10-26(32)27(33)16-23)30(37)19-36(24-14-20(2)13-21(3)15-24)43(39,40)25-9-11-28(41-5)29(17-25)42-6/h8-11,13-17,22H,7,12,18-19H2,1-6H3,(H,34,38)/t22-/m1/s1. The number of benzene rings is 3. The van der Waals surface area contributed by atoms with Gasteiger partial charge in [0.15, 0.2) is 11.5 Å². The Morgan fingerprint density at radius 1 is 0.907 bits per heavy atom. The number of anilines is 1. The van der Waals surface area contributed by atoms with E-state index in [4.69, 9.17) is 32.7 Å². The van der Waals surface area contributed by atoms with E-state index < -0.39 is 28.5 Å². The summed E-state index contributed by atoms with van der Waals surface area (Å²) >= 11 is 12.3. The van der Waals surface area contributed by atoms with Gasteiger partial charge >= 0.3 is 0 Å². The van der Waals surface area contributed by atoms with Crippen LogP contribution in [0.15, 0.2) is 59.5 Å². The number of nitrogens with zero attached hydrogens (tertiary/aromatic N) is 2. The summed E-state index contributed by atoms with van der Waals surface area (Å²) in [5.41, 5.74) is 2.56. The molecule has 9 nitrogen and oxygen atoms in total. The number of methoxy groups -OCH3 is 2. The summed E-state index contributed by atoms with van der Waals surface area (Å²) in [6.45, 7) is 7.06. The Morgan fingerprint density at radius 2 is 1.56 bits per heavy atom. The summed E-state index contributed by atoms with van der Waals surface area (Å²) in [4.78, 5) is 28.4. The monoisotopic (exact) mass is 649 g/mol. The maximum absolute atomic E-state index is 14.2. The van der Waals surface area contributed by atoms with Gasteiger partial charge in [-0.25, -0.2) is 8.42 Å². The maximum atomic E-state index is 14.2. The lowest BCUT2D eigenvalue weighted by Gasteiger charge is -2.32. The molecule has 0 bridgehead atoms. The van der Waals surface area contributed by atoms with Crippen molar-refractivity contribution in [2.24, 2.45) is 0 Å². The van der Waals surface area contributed by atoms with Crippen LogP contribution in [0, 0.1) is 13.8 Å². The predicted molar refractivity (Wildman–Crippen MR) is 170 cm³/mol. The first-order valence-corrected chi connectivity index (χ1v) is 15.9. The van der Waals surface area contributed by atoms with Crippen molar-refractivity contribution in [3.63, 3.8) is 0 Å². The van der Waals surface area contributed by atoms with Gasteiger partial charge in [-0.2, -0.15) is 0 Å². The molecule has 0 saturated carbocycles. The molecule has 0 saturated heterocycles. The van der Waals surface area contributed by atoms with Crippen molar-refractivity contribution < 1.29 is 27.5 Å². The highest BCUT2D eigenvalue weighted by Gasteiger charge is 2.33. The molecule has 2 amide bonds. The quantitative estimate of drug-likeness (QED) is 0.252. The highest BCUT2D eigenvalue weighted by atomic mass is 35.5. The summed E-state index contributed by atoms with van der Waals surface area (Å²) in [5, 5.41) is 3.46. The number of nitrogens with one attached hydrogen (secondary N) is 1. The number of rotatable bonds is 13. The molecule has 0 heterocycles. The molecule has 3 aromatic rings. The molecule has 12 heteroatoms. The third kappa shape index (κ3) is 8.34. The first-order chi connectivity index (χ1) is 20.3. The highest BCUT2D eigenvalue weighted by molar-refractivity contribution is 7.92. The minimum atomic E-state index is -4.31. The van der Waals surface area contributed by atoms with Crippen LogP contribution >= 0.6 is 23.2 Å². The number of ether oxygens (including phenoxy) is 2. The Hall–Kier alpha value is -3.47. The number of hydrogen-bond acceptors (Lipinski definition) is 6. The lowest BCUT2D eigenvalue weighted by atomic mass is 10.1. The molecule has 0 aliphatic heterocycles. The van der Waals surface area contributed by atoms with Crippen molar-refractivity contribution in [1.29, 1.82) is 0 Å². The number of carbonyl (C=O) groups is 2. The van der Waals surface area contributed by atoms with Crippen LogP contribution in [0.25, 0.3) is 0 Å². The van der Waals surface area contributed by atoms with Crippen LogP contribution in [0.3, 0.4) is 0 Å². The van der Waals surface area contributed by atoms with Crippen LogP contribution in [0.1, 0.15) is 37.0 Å². The van der Waals surface area contributed by atoms with Crippen LogP contribution in [0.5, 0.6) is 11.5 Å². The SMILES string of the molecule is CCCNC(=O)[C@@H](C)N(Cc1ccc(Cl)c(Cl)c1)C(=O)CN(c1cc(C)cc(C)c1)S(=O)(=O)c1ccc(OC)c(OC)c1. The molecule has 1 N–H and O–H groups in total. The van der Waals surface area contributed by atoms with Gasteiger partial charge in [0, 0.05) is 19.2 Å². The first kappa shape index (κ1) is 34.0. The van der Waals surface area contributed by atoms with E-state index in [-0.39, 0.29) is 23.1 Å². The minimum absolute atomic E-state index is 0.00642. The zero-order chi connectivity index (χ0) is 31.9. The van der Waals surface area contributed by atoms with Crippen molar-refractivity contribution in [3.05, 3.63) is 81.3 Å². The summed E-state index contributed by atoms with van der Waals surface area (Å²) in [7, 11) is -1.45. The Kier molecular flexibility index (Phi) is 11.7. The smallest absolute Gasteiger partial charge is 0.264 e. The van der Waals surface area contributed by atoms with Gasteiger partial charge in [0.1, 0.15) is 12.6 Å². The van der Waals surface area contributed by atoms with Gasteiger partial charge in [-0.3, -0.25) is 13.9 Å². The fourth-order valence-electron chi connectivity index (χ4n) is 4.54. The molecule has 1 atom stereocenters. The van der Waals surface area contributed by atoms with Gasteiger partial charge in [0.25, 0.3) is 10.0 Å². The van der Waals surface area contributed by atoms with Gasteiger partial charge in [0.2, 0.25) is 11.8 Å². The van der Waals surface area contributed by atoms with Crippen molar-refractivity contribution >= 4 is 50.7 Å². The van der Waals surface area contributed by atoms with E-state index in [2.05, 4.69) is 5.32 Å². The van der Waals surface area contributed by atoms with Crippen molar-refractivity contribution in [2.75, 3.05) is 31.6 Å². The van der Waals surface area contributed by atoms with Crippen molar-refractivity contribution in [3.8, 4) is 11.5 Å². The molecule has 232 valence electrons. The summed E-state index contributed by atoms with van der Waals surface area (Å²) in [5.74, 6) is -0.377. The summed E-state index contributed by atoms with van der Waals surface area (Å²) < 4.78 is 40.1. The molecule has 0 fully saturated rings. The second-order valence-corrected chi connectivity index (χ2v) is 12.8. The number of sulfonamides is 1. The topological polar surface area (TPSA) is 105 Å². The zero-order valence-corrected chi connectivity index (χ0v) is 27.4. The Labute approximate surface area is 263 Å². The minimum Gasteiger partial charge on any atom is -0.493 e. The second-order valence-electron chi connectivity index (χ2n) is 10.1. The van der Waals surface area contributed by atoms with Gasteiger partial charge in [-0.05, 0) is 80.3 Å². The van der Waals surface area contributed by atoms with E-state index in [0.29, 0.717) is 40.0 Å². The Balaban J connectivity index is 2.11. The fraction of sp³-hybridized carbons (Fsp3) is 0.355. The van der Waals surface area contributed by atoms with Gasteiger partial charge < -0.3 is 19.7 Å². The van der Waals surface area contributed by atoms with Crippen LogP contribution in [-0.4, -0.2) is 58.5 Å². The van der Waals surface area contributed by atoms with E-state index in [0.717, 1.165) is 15.4 Å². The Bertz CT molecular complexity index is 1560. The third-order valence-corrected chi connectivity index (χ3v) is 9.28. The van der Waals surface area contributed by atoms with Crippen molar-refractivity contribution in [2.45, 2.75) is 51.6 Å². The average Bonchev–Trinajstić information content (AvgIpc) is 2.97. The summed E-state index contributed by atoms with van der Waals surface area (Å²) in [6, 6.07) is 13.5. The predicted octanol–water partition coefficient (Wildman–Crippen LogP) is 5.77. The van der Waals surface area contributed by atoms with Gasteiger partial charge in [-0.15, -0.1) is 0 Å². The first-order valence-electron chi connectivity index (χ1n) is 13.7. The van der Waals surface area contributed by atoms with E-state index in [1.54, 1.807) is 37.3 Å². The van der Waals surface area contributed by atoms with Crippen LogP contribution in [0.2, 0.25) is 10.0 Å². The number of aryl methyl sites for hydroxylation is 2. The van der Waals surface area contributed by atoms with E-state index in [1.807, 2.05) is 26.8 Å². The molecule has 43 heavy (non-hydrogen) atoms. The molecule has 3 rings (SSSR count). The van der Waals surface area contributed by atoms with Gasteiger partial charge in [0.05, 0.1) is 34.8 Å². The highest BCUT2D eigenvalue weighted by Crippen LogP contribution is 2.33. The molecular formula is C31H37Cl2N3O6S. The zero-order valence-electron chi connectivity index (χ0n) is 25.1. The molecule has 0 aliphatic carbocycles. The van der Waals surface area contributed by atoms with Gasteiger partial charge in [-0.1, -0.05) is 42.3 Å². The Morgan fingerprint density at radius 3 is 2.14 bits per heavy atom. The summed E-state index contributed by atoms with van der Waals surface area (Å²) in [6.07, 6.45) is 0.712. The second kappa shape index (κ2) is 14.8. The maximum Gasteiger partial charge on any atom is 0.264 e. The van der Waals surface area contributed by atoms with Crippen LogP contribution < -0.4 is 19.1 Å². The van der Waals surface area contributed by atoms with Crippen LogP contribution in [0.4, 0.5) is 5.69 Å². The molecule has 3 aromatic carbocycles. The number of hydrogen-bond donors (Lipinski definition) is 1. The molecule has 0 spiro atoms. The number of amides is 2. The van der Waals surface area contributed by atoms with E-state index >= 15 is 0 Å². The largest absolute Gasteiger partial charge is 0.493 e. The molecule has 0 aliphatic rings. The molecule has 0 radical (unpaired) electrons. The lowest BCUT2D eigenvalue weighted by molar-refractivity contribution is -0.139. The molecule has 0 unspecified atom stereocenters. The lowest BCUT2D eigenvalue weighted by Crippen LogP contribution is -2.51. The van der Waals surface area contributed by atoms with Crippen molar-refractivity contribution in [1.82, 2.24) is 10.2 Å². The molecular weight excluding hydrogens is 613 g/mol.